The molecule has 156 valence electrons. The fraction of sp³-hybridized carbons (Fsp3) is 0.0385. The molecule has 2 amide bonds. The highest BCUT2D eigenvalue weighted by atomic mass is 16.3. The molecule has 32 heavy (non-hydrogen) atoms. The van der Waals surface area contributed by atoms with E-state index >= 15 is 0 Å². The van der Waals surface area contributed by atoms with Crippen molar-refractivity contribution in [3.63, 3.8) is 0 Å². The zero-order chi connectivity index (χ0) is 21.9. The Bertz CT molecular complexity index is 1440. The van der Waals surface area contributed by atoms with Crippen LogP contribution in [-0.2, 0) is 6.54 Å². The van der Waals surface area contributed by atoms with Crippen LogP contribution in [-0.4, -0.2) is 16.8 Å². The molecule has 6 heteroatoms. The largest absolute Gasteiger partial charge is 0.451 e. The second-order valence-electron chi connectivity index (χ2n) is 7.35. The smallest absolute Gasteiger partial charge is 0.291 e. The van der Waals surface area contributed by atoms with E-state index in [-0.39, 0.29) is 11.7 Å². The van der Waals surface area contributed by atoms with Gasteiger partial charge in [-0.25, -0.2) is 0 Å². The maximum absolute atomic E-state index is 12.9. The van der Waals surface area contributed by atoms with Crippen molar-refractivity contribution in [2.75, 3.05) is 5.32 Å². The third kappa shape index (κ3) is 3.81. The van der Waals surface area contributed by atoms with E-state index in [2.05, 4.69) is 15.6 Å². The number of nitrogens with one attached hydrogen (secondary N) is 2. The number of amides is 2. The molecule has 0 bridgehead atoms. The summed E-state index contributed by atoms with van der Waals surface area (Å²) in [4.78, 5) is 29.7. The Kier molecular flexibility index (Phi) is 5.09. The minimum absolute atomic E-state index is 0.182. The van der Waals surface area contributed by atoms with Gasteiger partial charge in [-0.1, -0.05) is 48.5 Å². The molecule has 0 aliphatic rings. The van der Waals surface area contributed by atoms with Gasteiger partial charge < -0.3 is 15.1 Å². The van der Waals surface area contributed by atoms with Crippen molar-refractivity contribution in [1.29, 1.82) is 0 Å². The molecular formula is C26H19N3O3. The molecule has 2 heterocycles. The lowest BCUT2D eigenvalue weighted by molar-refractivity contribution is 0.0951. The number of benzene rings is 3. The Balaban J connectivity index is 1.38. The van der Waals surface area contributed by atoms with Gasteiger partial charge in [0.1, 0.15) is 5.58 Å². The summed E-state index contributed by atoms with van der Waals surface area (Å²) in [6.07, 6.45) is 3.37. The fourth-order valence-electron chi connectivity index (χ4n) is 3.66. The van der Waals surface area contributed by atoms with Gasteiger partial charge in [0.15, 0.2) is 5.76 Å². The maximum Gasteiger partial charge on any atom is 0.291 e. The van der Waals surface area contributed by atoms with Gasteiger partial charge in [0.2, 0.25) is 0 Å². The van der Waals surface area contributed by atoms with E-state index in [4.69, 9.17) is 4.42 Å². The Morgan fingerprint density at radius 3 is 2.56 bits per heavy atom. The highest BCUT2D eigenvalue weighted by Gasteiger charge is 2.17. The van der Waals surface area contributed by atoms with Gasteiger partial charge in [-0.3, -0.25) is 14.6 Å². The summed E-state index contributed by atoms with van der Waals surface area (Å²) in [5, 5.41) is 8.63. The summed E-state index contributed by atoms with van der Waals surface area (Å²) in [6, 6.07) is 24.1. The number of pyridine rings is 1. The summed E-state index contributed by atoms with van der Waals surface area (Å²) < 4.78 is 5.80. The first-order valence-corrected chi connectivity index (χ1v) is 10.2. The number of para-hydroxylation sites is 1. The van der Waals surface area contributed by atoms with E-state index in [1.165, 1.54) is 0 Å². The van der Waals surface area contributed by atoms with E-state index in [9.17, 15) is 9.59 Å². The number of hydrogen-bond acceptors (Lipinski definition) is 4. The SMILES string of the molecule is O=C(Nc1ccccc1C(=O)NCc1cccnc1)c1cc2c(ccc3ccccc32)o1. The Hall–Kier alpha value is -4.45. The van der Waals surface area contributed by atoms with E-state index in [1.54, 1.807) is 42.7 Å². The lowest BCUT2D eigenvalue weighted by atomic mass is 10.1. The minimum Gasteiger partial charge on any atom is -0.451 e. The molecule has 0 fully saturated rings. The molecule has 5 aromatic rings. The first-order valence-electron chi connectivity index (χ1n) is 10.2. The molecule has 2 aromatic heterocycles. The third-order valence-electron chi connectivity index (χ3n) is 5.25. The number of aromatic nitrogens is 1. The standard InChI is InChI=1S/C26H19N3O3/c30-25(28-16-17-6-5-13-27-15-17)20-9-3-4-10-22(20)29-26(31)24-14-21-19-8-2-1-7-18(19)11-12-23(21)32-24/h1-15H,16H2,(H,28,30)(H,29,31). The van der Waals surface area contributed by atoms with Crippen LogP contribution in [0.1, 0.15) is 26.5 Å². The summed E-state index contributed by atoms with van der Waals surface area (Å²) in [7, 11) is 0. The molecular weight excluding hydrogens is 402 g/mol. The van der Waals surface area contributed by atoms with Crippen LogP contribution in [0, 0.1) is 0 Å². The molecule has 3 aromatic carbocycles. The molecule has 0 saturated carbocycles. The predicted molar refractivity (Wildman–Crippen MR) is 124 cm³/mol. The van der Waals surface area contributed by atoms with Crippen molar-refractivity contribution in [3.05, 3.63) is 108 Å². The van der Waals surface area contributed by atoms with Gasteiger partial charge in [0, 0.05) is 24.3 Å². The zero-order valence-electron chi connectivity index (χ0n) is 17.0. The topological polar surface area (TPSA) is 84.2 Å². The molecule has 0 aliphatic carbocycles. The van der Waals surface area contributed by atoms with Crippen molar-refractivity contribution in [2.45, 2.75) is 6.54 Å². The fourth-order valence-corrected chi connectivity index (χ4v) is 3.66. The molecule has 5 rings (SSSR count). The highest BCUT2D eigenvalue weighted by Crippen LogP contribution is 2.28. The molecule has 0 atom stereocenters. The second kappa shape index (κ2) is 8.35. The van der Waals surface area contributed by atoms with Gasteiger partial charge in [0.25, 0.3) is 11.8 Å². The number of fused-ring (bicyclic) bond motifs is 3. The number of furan rings is 1. The van der Waals surface area contributed by atoms with Crippen LogP contribution >= 0.6 is 0 Å². The van der Waals surface area contributed by atoms with Crippen LogP contribution < -0.4 is 10.6 Å². The lowest BCUT2D eigenvalue weighted by Crippen LogP contribution is -2.24. The van der Waals surface area contributed by atoms with Crippen molar-refractivity contribution < 1.29 is 14.0 Å². The summed E-state index contributed by atoms with van der Waals surface area (Å²) >= 11 is 0. The van der Waals surface area contributed by atoms with Crippen LogP contribution in [0.4, 0.5) is 5.69 Å². The summed E-state index contributed by atoms with van der Waals surface area (Å²) in [6.45, 7) is 0.339. The number of carbonyl (C=O) groups excluding carboxylic acids is 2. The van der Waals surface area contributed by atoms with Crippen LogP contribution in [0.2, 0.25) is 0 Å². The third-order valence-corrected chi connectivity index (χ3v) is 5.25. The number of hydrogen-bond donors (Lipinski definition) is 2. The van der Waals surface area contributed by atoms with Crippen LogP contribution in [0.5, 0.6) is 0 Å². The first kappa shape index (κ1) is 19.5. The Morgan fingerprint density at radius 2 is 1.69 bits per heavy atom. The van der Waals surface area contributed by atoms with E-state index in [0.29, 0.717) is 23.4 Å². The quantitative estimate of drug-likeness (QED) is 0.410. The minimum atomic E-state index is -0.419. The normalized spacial score (nSPS) is 10.9. The molecule has 0 radical (unpaired) electrons. The van der Waals surface area contributed by atoms with Crippen molar-refractivity contribution in [1.82, 2.24) is 10.3 Å². The average Bonchev–Trinajstić information content (AvgIpc) is 3.29. The molecule has 2 N–H and O–H groups in total. The second-order valence-corrected chi connectivity index (χ2v) is 7.35. The van der Waals surface area contributed by atoms with Crippen molar-refractivity contribution >= 4 is 39.2 Å². The van der Waals surface area contributed by atoms with Crippen LogP contribution in [0.25, 0.3) is 21.7 Å². The van der Waals surface area contributed by atoms with Crippen molar-refractivity contribution in [3.8, 4) is 0 Å². The number of anilines is 1. The van der Waals surface area contributed by atoms with E-state index in [1.807, 2.05) is 48.5 Å². The number of carbonyl (C=O) groups is 2. The van der Waals surface area contributed by atoms with Gasteiger partial charge in [-0.15, -0.1) is 0 Å². The van der Waals surface area contributed by atoms with Gasteiger partial charge >= 0.3 is 0 Å². The summed E-state index contributed by atoms with van der Waals surface area (Å²) in [5.41, 5.74) is 2.30. The Labute approximate surface area is 183 Å². The number of nitrogens with zero attached hydrogens (tertiary/aromatic N) is 1. The molecule has 0 spiro atoms. The molecule has 0 saturated heterocycles. The monoisotopic (exact) mass is 421 g/mol. The Morgan fingerprint density at radius 1 is 0.844 bits per heavy atom. The average molecular weight is 421 g/mol. The molecule has 0 aliphatic heterocycles. The van der Waals surface area contributed by atoms with Crippen molar-refractivity contribution in [2.24, 2.45) is 0 Å². The first-order chi connectivity index (χ1) is 15.7. The number of rotatable bonds is 5. The highest BCUT2D eigenvalue weighted by molar-refractivity contribution is 6.12. The van der Waals surface area contributed by atoms with Crippen LogP contribution in [0.15, 0.2) is 95.7 Å². The lowest BCUT2D eigenvalue weighted by Gasteiger charge is -2.10. The molecule has 6 nitrogen and oxygen atoms in total. The molecule has 0 unspecified atom stereocenters. The van der Waals surface area contributed by atoms with E-state index < -0.39 is 5.91 Å². The van der Waals surface area contributed by atoms with Gasteiger partial charge in [-0.05, 0) is 46.7 Å². The predicted octanol–water partition coefficient (Wildman–Crippen LogP) is 5.16. The van der Waals surface area contributed by atoms with E-state index in [0.717, 1.165) is 21.7 Å². The van der Waals surface area contributed by atoms with Crippen LogP contribution in [0.3, 0.4) is 0 Å². The van der Waals surface area contributed by atoms with Gasteiger partial charge in [-0.2, -0.15) is 0 Å². The van der Waals surface area contributed by atoms with Gasteiger partial charge in [0.05, 0.1) is 11.3 Å². The zero-order valence-corrected chi connectivity index (χ0v) is 17.0. The summed E-state index contributed by atoms with van der Waals surface area (Å²) in [5.74, 6) is -0.528. The maximum atomic E-state index is 12.9.